The number of hydrogen-bond acceptors (Lipinski definition) is 4. The Kier molecular flexibility index (Phi) is 5.78. The third-order valence-electron chi connectivity index (χ3n) is 4.66. The highest BCUT2D eigenvalue weighted by Gasteiger charge is 2.07. The summed E-state index contributed by atoms with van der Waals surface area (Å²) in [6.45, 7) is 0.278. The zero-order valence-corrected chi connectivity index (χ0v) is 17.0. The maximum absolute atomic E-state index is 12.9. The Balaban J connectivity index is 1.59. The van der Waals surface area contributed by atoms with Crippen LogP contribution in [0.15, 0.2) is 71.9 Å². The molecule has 0 amide bonds. The van der Waals surface area contributed by atoms with E-state index in [9.17, 15) is 9.59 Å². The molecule has 4 rings (SSSR count). The molecule has 0 aliphatic rings. The predicted molar refractivity (Wildman–Crippen MR) is 118 cm³/mol. The van der Waals surface area contributed by atoms with Crippen molar-refractivity contribution in [3.63, 3.8) is 0 Å². The molecule has 2 heterocycles. The first kappa shape index (κ1) is 20.3. The molecule has 0 spiro atoms. The van der Waals surface area contributed by atoms with Crippen molar-refractivity contribution in [1.29, 1.82) is 0 Å². The van der Waals surface area contributed by atoms with Crippen LogP contribution in [0.5, 0.6) is 0 Å². The van der Waals surface area contributed by atoms with E-state index in [1.54, 1.807) is 18.2 Å². The van der Waals surface area contributed by atoms with Crippen LogP contribution in [-0.2, 0) is 13.0 Å². The van der Waals surface area contributed by atoms with Crippen molar-refractivity contribution in [3.8, 4) is 11.8 Å². The normalized spacial score (nSPS) is 10.5. The number of rotatable bonds is 4. The van der Waals surface area contributed by atoms with E-state index in [-0.39, 0.29) is 17.7 Å². The number of nitrogens with zero attached hydrogens (tertiary/aromatic N) is 3. The molecule has 0 aliphatic carbocycles. The number of pyridine rings is 1. The van der Waals surface area contributed by atoms with E-state index >= 15 is 0 Å². The van der Waals surface area contributed by atoms with Crippen LogP contribution < -0.4 is 5.56 Å². The van der Waals surface area contributed by atoms with Gasteiger partial charge in [0, 0.05) is 11.4 Å². The van der Waals surface area contributed by atoms with Crippen molar-refractivity contribution >= 4 is 28.5 Å². The highest BCUT2D eigenvalue weighted by molar-refractivity contribution is 6.30. The molecule has 0 atom stereocenters. The van der Waals surface area contributed by atoms with Gasteiger partial charge in [0.2, 0.25) is 0 Å². The average Bonchev–Trinajstić information content (AvgIpc) is 2.76. The van der Waals surface area contributed by atoms with E-state index in [4.69, 9.17) is 16.7 Å². The Hall–Kier alpha value is -3.95. The quantitative estimate of drug-likeness (QED) is 0.499. The molecule has 0 saturated heterocycles. The van der Waals surface area contributed by atoms with E-state index in [1.807, 2.05) is 24.3 Å². The molecule has 4 aromatic rings. The molecule has 2 aromatic heterocycles. The fraction of sp³-hybridized carbons (Fsp3) is 0.0833. The van der Waals surface area contributed by atoms with Gasteiger partial charge in [-0.05, 0) is 47.4 Å². The minimum absolute atomic E-state index is 0.194. The first-order valence-electron chi connectivity index (χ1n) is 9.40. The van der Waals surface area contributed by atoms with E-state index in [2.05, 4.69) is 21.8 Å². The van der Waals surface area contributed by atoms with Gasteiger partial charge in [0.25, 0.3) is 5.56 Å². The zero-order valence-electron chi connectivity index (χ0n) is 16.2. The standard InChI is InChI=1S/C24H16ClN3O3/c25-19-5-1-3-16(11-19)4-2-6-20-12-21-22(13-26-20)27-15-28(23(21)29)14-17-7-9-18(10-8-17)24(30)31/h1,3,5,7-13,15H,4,14H2,(H,30,31). The molecule has 0 aliphatic heterocycles. The Labute approximate surface area is 182 Å². The lowest BCUT2D eigenvalue weighted by molar-refractivity contribution is 0.0697. The molecule has 0 radical (unpaired) electrons. The fourth-order valence-corrected chi connectivity index (χ4v) is 3.29. The second-order valence-electron chi connectivity index (χ2n) is 6.87. The van der Waals surface area contributed by atoms with Crippen molar-refractivity contribution in [2.24, 2.45) is 0 Å². The Morgan fingerprint density at radius 1 is 1.06 bits per heavy atom. The molecule has 152 valence electrons. The predicted octanol–water partition coefficient (Wildman–Crippen LogP) is 3.79. The fourth-order valence-electron chi connectivity index (χ4n) is 3.08. The van der Waals surface area contributed by atoms with Crippen LogP contribution in [0.3, 0.4) is 0 Å². The molecule has 0 bridgehead atoms. The van der Waals surface area contributed by atoms with Crippen molar-refractivity contribution in [3.05, 3.63) is 105 Å². The molecule has 2 aromatic carbocycles. The molecule has 0 unspecified atom stereocenters. The molecule has 0 fully saturated rings. The number of carbonyl (C=O) groups is 1. The van der Waals surface area contributed by atoms with Gasteiger partial charge in [-0.15, -0.1) is 0 Å². The largest absolute Gasteiger partial charge is 0.478 e. The van der Waals surface area contributed by atoms with Crippen LogP contribution in [-0.4, -0.2) is 25.6 Å². The highest BCUT2D eigenvalue weighted by Crippen LogP contribution is 2.11. The lowest BCUT2D eigenvalue weighted by Gasteiger charge is -2.07. The van der Waals surface area contributed by atoms with Gasteiger partial charge in [-0.1, -0.05) is 41.8 Å². The summed E-state index contributed by atoms with van der Waals surface area (Å²) in [4.78, 5) is 32.5. The highest BCUT2D eigenvalue weighted by atomic mass is 35.5. The molecule has 6 nitrogen and oxygen atoms in total. The molecule has 1 N–H and O–H groups in total. The number of hydrogen-bond donors (Lipinski definition) is 1. The minimum atomic E-state index is -0.993. The summed E-state index contributed by atoms with van der Waals surface area (Å²) in [7, 11) is 0. The van der Waals surface area contributed by atoms with Crippen LogP contribution >= 0.6 is 11.6 Å². The van der Waals surface area contributed by atoms with Gasteiger partial charge in [0.15, 0.2) is 0 Å². The van der Waals surface area contributed by atoms with Crippen LogP contribution in [0.2, 0.25) is 5.02 Å². The van der Waals surface area contributed by atoms with Crippen LogP contribution in [0.4, 0.5) is 0 Å². The molecular weight excluding hydrogens is 414 g/mol. The lowest BCUT2D eigenvalue weighted by Crippen LogP contribution is -2.21. The number of benzene rings is 2. The third kappa shape index (κ3) is 4.80. The average molecular weight is 430 g/mol. The Bertz CT molecular complexity index is 1400. The van der Waals surface area contributed by atoms with Crippen LogP contribution in [0, 0.1) is 11.8 Å². The van der Waals surface area contributed by atoms with Gasteiger partial charge in [0.05, 0.1) is 35.5 Å². The molecule has 7 heteroatoms. The SMILES string of the molecule is O=C(O)c1ccc(Cn2cnc3cnc(C#CCc4cccc(Cl)c4)cc3c2=O)cc1. The Morgan fingerprint density at radius 3 is 2.61 bits per heavy atom. The van der Waals surface area contributed by atoms with E-state index in [0.29, 0.717) is 28.0 Å². The van der Waals surface area contributed by atoms with Gasteiger partial charge in [0.1, 0.15) is 5.69 Å². The van der Waals surface area contributed by atoms with E-state index in [1.165, 1.54) is 29.2 Å². The number of aromatic nitrogens is 3. The van der Waals surface area contributed by atoms with Gasteiger partial charge < -0.3 is 5.11 Å². The summed E-state index contributed by atoms with van der Waals surface area (Å²) in [5, 5.41) is 10.1. The summed E-state index contributed by atoms with van der Waals surface area (Å²) in [6.07, 6.45) is 3.51. The van der Waals surface area contributed by atoms with E-state index in [0.717, 1.165) is 11.1 Å². The smallest absolute Gasteiger partial charge is 0.335 e. The number of fused-ring (bicyclic) bond motifs is 1. The molecular formula is C24H16ClN3O3. The monoisotopic (exact) mass is 429 g/mol. The molecule has 31 heavy (non-hydrogen) atoms. The molecule has 0 saturated carbocycles. The van der Waals surface area contributed by atoms with Crippen molar-refractivity contribution in [2.75, 3.05) is 0 Å². The summed E-state index contributed by atoms with van der Waals surface area (Å²) < 4.78 is 1.47. The summed E-state index contributed by atoms with van der Waals surface area (Å²) in [5.74, 6) is 5.04. The van der Waals surface area contributed by atoms with Crippen molar-refractivity contribution < 1.29 is 9.90 Å². The maximum atomic E-state index is 12.9. The first-order valence-corrected chi connectivity index (χ1v) is 9.78. The number of halogens is 1. The second-order valence-corrected chi connectivity index (χ2v) is 7.31. The lowest BCUT2D eigenvalue weighted by atomic mass is 10.1. The number of aromatic carboxylic acids is 1. The van der Waals surface area contributed by atoms with Gasteiger partial charge >= 0.3 is 5.97 Å². The summed E-state index contributed by atoms with van der Waals surface area (Å²) in [6, 6.07) is 15.5. The zero-order chi connectivity index (χ0) is 21.8. The van der Waals surface area contributed by atoms with Gasteiger partial charge in [-0.3, -0.25) is 9.36 Å². The second kappa shape index (κ2) is 8.82. The summed E-state index contributed by atoms with van der Waals surface area (Å²) in [5.41, 5.74) is 2.75. The van der Waals surface area contributed by atoms with Gasteiger partial charge in [-0.2, -0.15) is 0 Å². The Morgan fingerprint density at radius 2 is 1.87 bits per heavy atom. The minimum Gasteiger partial charge on any atom is -0.478 e. The maximum Gasteiger partial charge on any atom is 0.335 e. The number of carboxylic acids is 1. The van der Waals surface area contributed by atoms with Crippen molar-refractivity contribution in [2.45, 2.75) is 13.0 Å². The van der Waals surface area contributed by atoms with Crippen LogP contribution in [0.1, 0.15) is 27.2 Å². The number of carboxylic acid groups (broad SMARTS) is 1. The van der Waals surface area contributed by atoms with E-state index < -0.39 is 5.97 Å². The first-order chi connectivity index (χ1) is 15.0. The summed E-state index contributed by atoms with van der Waals surface area (Å²) >= 11 is 5.99. The third-order valence-corrected chi connectivity index (χ3v) is 4.90. The van der Waals surface area contributed by atoms with Gasteiger partial charge in [-0.25, -0.2) is 14.8 Å². The topological polar surface area (TPSA) is 85.1 Å². The van der Waals surface area contributed by atoms with Crippen molar-refractivity contribution in [1.82, 2.24) is 14.5 Å². The van der Waals surface area contributed by atoms with Crippen LogP contribution in [0.25, 0.3) is 10.9 Å².